The van der Waals surface area contributed by atoms with Crippen LogP contribution in [0.3, 0.4) is 0 Å². The Morgan fingerprint density at radius 1 is 1.12 bits per heavy atom. The van der Waals surface area contributed by atoms with Gasteiger partial charge in [0.15, 0.2) is 17.3 Å². The van der Waals surface area contributed by atoms with E-state index in [0.717, 1.165) is 0 Å². The second-order valence-electron chi connectivity index (χ2n) is 10.1. The summed E-state index contributed by atoms with van der Waals surface area (Å²) in [7, 11) is 2.75. The maximum absolute atomic E-state index is 14.7. The van der Waals surface area contributed by atoms with Crippen LogP contribution in [-0.2, 0) is 14.3 Å². The second kappa shape index (κ2) is 11.9. The van der Waals surface area contributed by atoms with Gasteiger partial charge in [-0.15, -0.1) is 0 Å². The maximum Gasteiger partial charge on any atom is 0.411 e. The van der Waals surface area contributed by atoms with Crippen molar-refractivity contribution in [1.29, 1.82) is 0 Å². The van der Waals surface area contributed by atoms with Gasteiger partial charge in [-0.25, -0.2) is 23.9 Å². The average molecular weight is 595 g/mol. The summed E-state index contributed by atoms with van der Waals surface area (Å²) in [5.74, 6) is -0.268. The molecule has 1 N–H and O–H groups in total. The first-order valence-corrected chi connectivity index (χ1v) is 13.1. The number of rotatable bonds is 6. The average Bonchev–Trinajstić information content (AvgIpc) is 2.91. The van der Waals surface area contributed by atoms with Gasteiger partial charge >= 0.3 is 12.1 Å². The standard InChI is InChI=1S/C27H29Cl2FN4O6/c1-27(2,3)40-26(36)34-9-8-14(10-19(34)25(35)38-5)39-21-11-15-18(12-20(21)37-4)31-13-32-24(15)33-17-7-6-16(28)22(29)23(17)30/h6-7,11-14,19H,8-10H2,1-5H3,(H,31,32,33). The highest BCUT2D eigenvalue weighted by Crippen LogP contribution is 2.38. The van der Waals surface area contributed by atoms with Crippen LogP contribution in [0.4, 0.5) is 20.7 Å². The molecule has 1 aliphatic heterocycles. The molecule has 1 saturated heterocycles. The fraction of sp³-hybridized carbons (Fsp3) is 0.407. The van der Waals surface area contributed by atoms with E-state index < -0.39 is 35.6 Å². The number of likely N-dealkylation sites (tertiary alicyclic amines) is 1. The molecule has 13 heteroatoms. The summed E-state index contributed by atoms with van der Waals surface area (Å²) in [6, 6.07) is 5.35. The number of hydrogen-bond donors (Lipinski definition) is 1. The molecule has 2 atom stereocenters. The summed E-state index contributed by atoms with van der Waals surface area (Å²) < 4.78 is 37.0. The molecular weight excluding hydrogens is 566 g/mol. The number of halogens is 3. The van der Waals surface area contributed by atoms with Crippen molar-refractivity contribution in [2.45, 2.75) is 51.4 Å². The van der Waals surface area contributed by atoms with Crippen LogP contribution < -0.4 is 14.8 Å². The summed E-state index contributed by atoms with van der Waals surface area (Å²) in [6.45, 7) is 5.47. The molecule has 1 fully saturated rings. The largest absolute Gasteiger partial charge is 0.493 e. The second-order valence-corrected chi connectivity index (χ2v) is 10.9. The monoisotopic (exact) mass is 594 g/mol. The van der Waals surface area contributed by atoms with Gasteiger partial charge in [0, 0.05) is 30.8 Å². The molecule has 10 nitrogen and oxygen atoms in total. The maximum atomic E-state index is 14.7. The van der Waals surface area contributed by atoms with E-state index in [1.165, 1.54) is 37.6 Å². The van der Waals surface area contributed by atoms with Gasteiger partial charge in [0.1, 0.15) is 29.9 Å². The minimum Gasteiger partial charge on any atom is -0.493 e. The van der Waals surface area contributed by atoms with Crippen molar-refractivity contribution in [3.05, 3.63) is 46.5 Å². The first kappa shape index (κ1) is 29.4. The van der Waals surface area contributed by atoms with Crippen LogP contribution >= 0.6 is 23.2 Å². The molecule has 40 heavy (non-hydrogen) atoms. The molecule has 0 spiro atoms. The quantitative estimate of drug-likeness (QED) is 0.265. The summed E-state index contributed by atoms with van der Waals surface area (Å²) in [4.78, 5) is 35.3. The van der Waals surface area contributed by atoms with E-state index in [4.69, 9.17) is 42.1 Å². The summed E-state index contributed by atoms with van der Waals surface area (Å²) in [5.41, 5.74) is -0.144. The minimum absolute atomic E-state index is 0.0723. The Morgan fingerprint density at radius 2 is 1.88 bits per heavy atom. The van der Waals surface area contributed by atoms with E-state index in [-0.39, 0.29) is 28.7 Å². The number of anilines is 2. The van der Waals surface area contributed by atoms with Crippen molar-refractivity contribution in [1.82, 2.24) is 14.9 Å². The smallest absolute Gasteiger partial charge is 0.411 e. The Bertz CT molecular complexity index is 1430. The van der Waals surface area contributed by atoms with E-state index in [1.54, 1.807) is 32.9 Å². The van der Waals surface area contributed by atoms with Crippen LogP contribution in [-0.4, -0.2) is 65.4 Å². The third kappa shape index (κ3) is 6.42. The molecule has 1 aliphatic rings. The first-order chi connectivity index (χ1) is 18.9. The van der Waals surface area contributed by atoms with Crippen LogP contribution in [0, 0.1) is 5.82 Å². The lowest BCUT2D eigenvalue weighted by Crippen LogP contribution is -2.53. The highest BCUT2D eigenvalue weighted by atomic mass is 35.5. The van der Waals surface area contributed by atoms with E-state index >= 15 is 0 Å². The van der Waals surface area contributed by atoms with Crippen LogP contribution in [0.5, 0.6) is 11.5 Å². The predicted molar refractivity (Wildman–Crippen MR) is 148 cm³/mol. The number of piperidine rings is 1. The number of carbonyl (C=O) groups excluding carboxylic acids is 2. The number of carbonyl (C=O) groups is 2. The molecule has 3 aromatic rings. The van der Waals surface area contributed by atoms with Crippen LogP contribution in [0.2, 0.25) is 10.0 Å². The number of esters is 1. The molecule has 1 amide bonds. The lowest BCUT2D eigenvalue weighted by atomic mass is 9.99. The Labute approximate surface area is 240 Å². The van der Waals surface area contributed by atoms with E-state index in [0.29, 0.717) is 34.6 Å². The van der Waals surface area contributed by atoms with Crippen molar-refractivity contribution in [3.63, 3.8) is 0 Å². The predicted octanol–water partition coefficient (Wildman–Crippen LogP) is 6.15. The summed E-state index contributed by atoms with van der Waals surface area (Å²) >= 11 is 11.9. The third-order valence-corrected chi connectivity index (χ3v) is 6.94. The van der Waals surface area contributed by atoms with Crippen molar-refractivity contribution >= 4 is 57.7 Å². The minimum atomic E-state index is -0.900. The zero-order valence-corrected chi connectivity index (χ0v) is 24.1. The number of nitrogens with one attached hydrogen (secondary N) is 1. The summed E-state index contributed by atoms with van der Waals surface area (Å²) in [6.07, 6.45) is 0.833. The van der Waals surface area contributed by atoms with Gasteiger partial charge in [-0.1, -0.05) is 23.2 Å². The van der Waals surface area contributed by atoms with Gasteiger partial charge in [0.05, 0.1) is 35.5 Å². The molecule has 1 aromatic heterocycles. The Morgan fingerprint density at radius 3 is 2.55 bits per heavy atom. The van der Waals surface area contributed by atoms with Gasteiger partial charge < -0.3 is 24.3 Å². The molecule has 2 heterocycles. The van der Waals surface area contributed by atoms with Crippen molar-refractivity contribution in [2.24, 2.45) is 0 Å². The third-order valence-electron chi connectivity index (χ3n) is 6.16. The van der Waals surface area contributed by atoms with Gasteiger partial charge in [-0.3, -0.25) is 4.90 Å². The van der Waals surface area contributed by atoms with Gasteiger partial charge in [-0.2, -0.15) is 0 Å². The van der Waals surface area contributed by atoms with Crippen molar-refractivity contribution in [2.75, 3.05) is 26.1 Å². The Balaban J connectivity index is 1.62. The zero-order valence-electron chi connectivity index (χ0n) is 22.6. The van der Waals surface area contributed by atoms with Crippen molar-refractivity contribution < 1.29 is 32.9 Å². The number of ether oxygens (including phenoxy) is 4. The molecule has 0 bridgehead atoms. The number of hydrogen-bond acceptors (Lipinski definition) is 9. The highest BCUT2D eigenvalue weighted by molar-refractivity contribution is 6.42. The number of benzene rings is 2. The molecule has 4 rings (SSSR count). The molecule has 0 saturated carbocycles. The lowest BCUT2D eigenvalue weighted by molar-refractivity contribution is -0.149. The Kier molecular flexibility index (Phi) is 8.74. The lowest BCUT2D eigenvalue weighted by Gasteiger charge is -2.38. The van der Waals surface area contributed by atoms with E-state index in [9.17, 15) is 14.0 Å². The van der Waals surface area contributed by atoms with Gasteiger partial charge in [0.25, 0.3) is 0 Å². The van der Waals surface area contributed by atoms with Crippen LogP contribution in [0.15, 0.2) is 30.6 Å². The van der Waals surface area contributed by atoms with Crippen LogP contribution in [0.1, 0.15) is 33.6 Å². The fourth-order valence-corrected chi connectivity index (χ4v) is 4.59. The van der Waals surface area contributed by atoms with E-state index in [1.807, 2.05) is 0 Å². The molecule has 2 aromatic carbocycles. The normalized spacial score (nSPS) is 17.4. The fourth-order valence-electron chi connectivity index (χ4n) is 4.28. The summed E-state index contributed by atoms with van der Waals surface area (Å²) in [5, 5.41) is 3.32. The number of nitrogens with zero attached hydrogens (tertiary/aromatic N) is 3. The molecule has 2 unspecified atom stereocenters. The number of amides is 1. The Hall–Kier alpha value is -3.57. The first-order valence-electron chi connectivity index (χ1n) is 12.4. The van der Waals surface area contributed by atoms with E-state index in [2.05, 4.69) is 15.3 Å². The number of aromatic nitrogens is 2. The zero-order chi connectivity index (χ0) is 29.2. The van der Waals surface area contributed by atoms with Crippen molar-refractivity contribution in [3.8, 4) is 11.5 Å². The van der Waals surface area contributed by atoms with Crippen LogP contribution in [0.25, 0.3) is 10.9 Å². The molecule has 214 valence electrons. The number of fused-ring (bicyclic) bond motifs is 1. The van der Waals surface area contributed by atoms with Gasteiger partial charge in [0.2, 0.25) is 0 Å². The molecular formula is C27H29Cl2FN4O6. The van der Waals surface area contributed by atoms with Gasteiger partial charge in [-0.05, 0) is 39.0 Å². The topological polar surface area (TPSA) is 112 Å². The molecule has 0 aliphatic carbocycles. The number of methoxy groups -OCH3 is 2. The SMILES string of the molecule is COC(=O)C1CC(Oc2cc3c(Nc4ccc(Cl)c(Cl)c4F)ncnc3cc2OC)CCN1C(=O)OC(C)(C)C. The highest BCUT2D eigenvalue weighted by Gasteiger charge is 2.40. The molecule has 0 radical (unpaired) electrons.